The maximum absolute atomic E-state index is 11.6. The zero-order chi connectivity index (χ0) is 10.8. The Morgan fingerprint density at radius 1 is 1.60 bits per heavy atom. The second-order valence-electron chi connectivity index (χ2n) is 3.12. The van der Waals surface area contributed by atoms with Crippen molar-refractivity contribution in [2.45, 2.75) is 6.92 Å². The van der Waals surface area contributed by atoms with Crippen molar-refractivity contribution in [1.29, 1.82) is 0 Å². The summed E-state index contributed by atoms with van der Waals surface area (Å²) in [5.41, 5.74) is 0.333. The van der Waals surface area contributed by atoms with Crippen molar-refractivity contribution >= 4 is 11.9 Å². The molecule has 0 aliphatic carbocycles. The van der Waals surface area contributed by atoms with Gasteiger partial charge >= 0.3 is 0 Å². The van der Waals surface area contributed by atoms with E-state index in [9.17, 15) is 4.79 Å². The second-order valence-corrected chi connectivity index (χ2v) is 3.12. The first-order valence-corrected chi connectivity index (χ1v) is 4.33. The number of amides is 1. The molecule has 2 aromatic heterocycles. The molecule has 0 bridgehead atoms. The van der Waals surface area contributed by atoms with Crippen LogP contribution in [0, 0.1) is 6.92 Å². The third-order valence-corrected chi connectivity index (χ3v) is 1.76. The smallest absolute Gasteiger partial charge is 0.278 e. The maximum atomic E-state index is 11.6. The molecule has 0 spiro atoms. The molecule has 0 aliphatic heterocycles. The summed E-state index contributed by atoms with van der Waals surface area (Å²) in [6.07, 6.45) is 3.17. The fourth-order valence-corrected chi connectivity index (χ4v) is 1.09. The van der Waals surface area contributed by atoms with Gasteiger partial charge in [-0.15, -0.1) is 5.10 Å². The number of aromatic nitrogens is 5. The largest absolute Gasteiger partial charge is 0.340 e. The minimum absolute atomic E-state index is 0.253. The summed E-state index contributed by atoms with van der Waals surface area (Å²) < 4.78 is 1.69. The predicted molar refractivity (Wildman–Crippen MR) is 52.3 cm³/mol. The van der Waals surface area contributed by atoms with E-state index in [1.807, 2.05) is 0 Å². The Kier molecular flexibility index (Phi) is 2.20. The molecule has 0 saturated carbocycles. The SMILES string of the molecule is Cc1nc(NC(=O)c2cn(C)cn2)n[nH]1. The van der Waals surface area contributed by atoms with Crippen LogP contribution in [0.3, 0.4) is 0 Å². The fraction of sp³-hybridized carbons (Fsp3) is 0.250. The number of anilines is 1. The molecule has 7 heteroatoms. The van der Waals surface area contributed by atoms with E-state index in [4.69, 9.17) is 0 Å². The van der Waals surface area contributed by atoms with Gasteiger partial charge in [0.2, 0.25) is 5.95 Å². The molecule has 0 aromatic carbocycles. The van der Waals surface area contributed by atoms with Gasteiger partial charge in [0.1, 0.15) is 11.5 Å². The fourth-order valence-electron chi connectivity index (χ4n) is 1.09. The highest BCUT2D eigenvalue weighted by Crippen LogP contribution is 2.01. The van der Waals surface area contributed by atoms with Crippen LogP contribution >= 0.6 is 0 Å². The van der Waals surface area contributed by atoms with Gasteiger partial charge in [0.25, 0.3) is 5.91 Å². The van der Waals surface area contributed by atoms with Gasteiger partial charge in [-0.25, -0.2) is 4.98 Å². The van der Waals surface area contributed by atoms with Crippen molar-refractivity contribution in [3.63, 3.8) is 0 Å². The van der Waals surface area contributed by atoms with Gasteiger partial charge in [-0.1, -0.05) is 0 Å². The molecule has 7 nitrogen and oxygen atoms in total. The van der Waals surface area contributed by atoms with Crippen molar-refractivity contribution in [1.82, 2.24) is 24.7 Å². The molecule has 15 heavy (non-hydrogen) atoms. The Balaban J connectivity index is 2.10. The molecule has 0 saturated heterocycles. The lowest BCUT2D eigenvalue weighted by molar-refractivity contribution is 0.102. The van der Waals surface area contributed by atoms with E-state index in [0.29, 0.717) is 11.5 Å². The topological polar surface area (TPSA) is 88.5 Å². The molecule has 0 aliphatic rings. The van der Waals surface area contributed by atoms with Crippen LogP contribution < -0.4 is 5.32 Å². The Morgan fingerprint density at radius 3 is 2.93 bits per heavy atom. The van der Waals surface area contributed by atoms with Crippen molar-refractivity contribution < 1.29 is 4.79 Å². The normalized spacial score (nSPS) is 10.3. The van der Waals surface area contributed by atoms with Gasteiger partial charge in [0.15, 0.2) is 0 Å². The molecule has 0 radical (unpaired) electrons. The molecule has 0 unspecified atom stereocenters. The highest BCUT2D eigenvalue weighted by Gasteiger charge is 2.10. The van der Waals surface area contributed by atoms with Crippen LogP contribution in [0.2, 0.25) is 0 Å². The summed E-state index contributed by atoms with van der Waals surface area (Å²) in [5.74, 6) is 0.573. The van der Waals surface area contributed by atoms with Gasteiger partial charge in [0, 0.05) is 13.2 Å². The van der Waals surface area contributed by atoms with Gasteiger partial charge < -0.3 is 4.57 Å². The first kappa shape index (κ1) is 9.38. The lowest BCUT2D eigenvalue weighted by Gasteiger charge is -1.95. The first-order chi connectivity index (χ1) is 7.15. The van der Waals surface area contributed by atoms with Gasteiger partial charge in [-0.05, 0) is 6.92 Å². The number of nitrogens with zero attached hydrogens (tertiary/aromatic N) is 4. The van der Waals surface area contributed by atoms with Crippen LogP contribution in [0.4, 0.5) is 5.95 Å². The Morgan fingerprint density at radius 2 is 2.40 bits per heavy atom. The highest BCUT2D eigenvalue weighted by atomic mass is 16.2. The average molecular weight is 206 g/mol. The average Bonchev–Trinajstić information content (AvgIpc) is 2.75. The van der Waals surface area contributed by atoms with Crippen LogP contribution in [0.25, 0.3) is 0 Å². The maximum Gasteiger partial charge on any atom is 0.278 e. The third kappa shape index (κ3) is 2.01. The Bertz CT molecular complexity index is 485. The van der Waals surface area contributed by atoms with Crippen LogP contribution in [0.15, 0.2) is 12.5 Å². The first-order valence-electron chi connectivity index (χ1n) is 4.33. The Labute approximate surface area is 85.6 Å². The van der Waals surface area contributed by atoms with Crippen LogP contribution in [0.1, 0.15) is 16.3 Å². The monoisotopic (exact) mass is 206 g/mol. The van der Waals surface area contributed by atoms with Crippen molar-refractivity contribution in [2.24, 2.45) is 7.05 Å². The number of carbonyl (C=O) groups excluding carboxylic acids is 1. The van der Waals surface area contributed by atoms with Crippen LogP contribution in [-0.2, 0) is 7.05 Å². The molecule has 2 heterocycles. The van der Waals surface area contributed by atoms with Crippen molar-refractivity contribution in [3.05, 3.63) is 24.0 Å². The molecule has 0 fully saturated rings. The number of hydrogen-bond donors (Lipinski definition) is 2. The number of H-pyrrole nitrogens is 1. The van der Waals surface area contributed by atoms with Crippen molar-refractivity contribution in [3.8, 4) is 0 Å². The van der Waals surface area contributed by atoms with E-state index in [0.717, 1.165) is 0 Å². The molecular formula is C8H10N6O. The number of nitrogens with one attached hydrogen (secondary N) is 2. The van der Waals surface area contributed by atoms with Crippen LogP contribution in [0.5, 0.6) is 0 Å². The summed E-state index contributed by atoms with van der Waals surface area (Å²) in [5, 5.41) is 8.94. The predicted octanol–water partition coefficient (Wildman–Crippen LogP) is 0.0989. The number of hydrogen-bond acceptors (Lipinski definition) is 4. The molecule has 78 valence electrons. The standard InChI is InChI=1S/C8H10N6O/c1-5-10-8(13-12-5)11-7(15)6-3-14(2)4-9-6/h3-4H,1-2H3,(H2,10,11,12,13,15). The second kappa shape index (κ2) is 3.52. The summed E-state index contributed by atoms with van der Waals surface area (Å²) in [6.45, 7) is 1.75. The molecule has 0 atom stereocenters. The lowest BCUT2D eigenvalue weighted by Crippen LogP contribution is -2.13. The minimum Gasteiger partial charge on any atom is -0.340 e. The summed E-state index contributed by atoms with van der Waals surface area (Å²) in [7, 11) is 1.79. The van der Waals surface area contributed by atoms with E-state index in [1.54, 1.807) is 31.1 Å². The molecule has 1 amide bonds. The molecule has 2 rings (SSSR count). The third-order valence-electron chi connectivity index (χ3n) is 1.76. The zero-order valence-corrected chi connectivity index (χ0v) is 8.35. The quantitative estimate of drug-likeness (QED) is 0.729. The van der Waals surface area contributed by atoms with E-state index in [2.05, 4.69) is 25.5 Å². The lowest BCUT2D eigenvalue weighted by atomic mass is 10.4. The minimum atomic E-state index is -0.324. The highest BCUT2D eigenvalue weighted by molar-refractivity contribution is 6.01. The summed E-state index contributed by atoms with van der Waals surface area (Å²) in [4.78, 5) is 19.4. The van der Waals surface area contributed by atoms with E-state index in [1.165, 1.54) is 0 Å². The number of carbonyl (C=O) groups is 1. The number of aromatic amines is 1. The zero-order valence-electron chi connectivity index (χ0n) is 8.35. The van der Waals surface area contributed by atoms with E-state index >= 15 is 0 Å². The molecule has 2 N–H and O–H groups in total. The Hall–Kier alpha value is -2.18. The summed E-state index contributed by atoms with van der Waals surface area (Å²) >= 11 is 0. The number of rotatable bonds is 2. The van der Waals surface area contributed by atoms with Crippen LogP contribution in [-0.4, -0.2) is 30.6 Å². The van der Waals surface area contributed by atoms with Gasteiger partial charge in [-0.3, -0.25) is 15.2 Å². The molecule has 2 aromatic rings. The number of imidazole rings is 1. The van der Waals surface area contributed by atoms with E-state index < -0.39 is 0 Å². The van der Waals surface area contributed by atoms with Gasteiger partial charge in [0.05, 0.1) is 6.33 Å². The number of aryl methyl sites for hydroxylation is 2. The van der Waals surface area contributed by atoms with E-state index in [-0.39, 0.29) is 11.9 Å². The van der Waals surface area contributed by atoms with Crippen molar-refractivity contribution in [2.75, 3.05) is 5.32 Å². The van der Waals surface area contributed by atoms with Gasteiger partial charge in [-0.2, -0.15) is 4.98 Å². The molecular weight excluding hydrogens is 196 g/mol. The summed E-state index contributed by atoms with van der Waals surface area (Å²) in [6, 6.07) is 0.